The molecule has 192 valence electrons. The molecule has 0 amide bonds. The fourth-order valence-corrected chi connectivity index (χ4v) is 4.96. The molecule has 0 fully saturated rings. The summed E-state index contributed by atoms with van der Waals surface area (Å²) in [7, 11) is 2.08. The van der Waals surface area contributed by atoms with E-state index in [9.17, 15) is 5.11 Å². The van der Waals surface area contributed by atoms with E-state index in [0.717, 1.165) is 41.0 Å². The molecule has 4 aromatic rings. The second kappa shape index (κ2) is 13.6. The van der Waals surface area contributed by atoms with E-state index in [4.69, 9.17) is 4.74 Å². The van der Waals surface area contributed by atoms with Gasteiger partial charge in [-0.3, -0.25) is 0 Å². The monoisotopic (exact) mass is 506 g/mol. The van der Waals surface area contributed by atoms with Gasteiger partial charge in [-0.05, 0) is 29.7 Å². The molecule has 1 N–H and O–H groups in total. The molecule has 4 nitrogen and oxygen atoms in total. The number of ether oxygens (including phenoxy) is 1. The van der Waals surface area contributed by atoms with E-state index in [2.05, 4.69) is 47.4 Å². The molecule has 0 aliphatic rings. The summed E-state index contributed by atoms with van der Waals surface area (Å²) in [5.74, 6) is 1.03. The van der Waals surface area contributed by atoms with E-state index in [1.807, 2.05) is 60.7 Å². The van der Waals surface area contributed by atoms with Crippen LogP contribution >= 0.6 is 0 Å². The van der Waals surface area contributed by atoms with Crippen molar-refractivity contribution in [2.24, 2.45) is 7.05 Å². The van der Waals surface area contributed by atoms with Crippen LogP contribution in [0, 0.1) is 0 Å². The Morgan fingerprint density at radius 1 is 0.778 bits per heavy atom. The van der Waals surface area contributed by atoms with Crippen LogP contribution in [0.3, 0.4) is 0 Å². The van der Waals surface area contributed by atoms with Crippen LogP contribution in [0.5, 0.6) is 0 Å². The zero-order valence-electron chi connectivity index (χ0n) is 21.6. The van der Waals surface area contributed by atoms with Crippen LogP contribution in [0.4, 0.5) is 0 Å². The average molecular weight is 507 g/mol. The number of benzene rings is 3. The first-order chi connectivity index (χ1) is 17.1. The molecular formula is C31H39ClN2O2. The summed E-state index contributed by atoms with van der Waals surface area (Å²) in [4.78, 5) is 0. The Morgan fingerprint density at radius 2 is 1.33 bits per heavy atom. The fraction of sp³-hybridized carbons (Fsp3) is 0.387. The van der Waals surface area contributed by atoms with Gasteiger partial charge in [-0.15, -0.1) is 0 Å². The van der Waals surface area contributed by atoms with Gasteiger partial charge in [0.25, 0.3) is 5.82 Å². The van der Waals surface area contributed by atoms with Crippen molar-refractivity contribution in [3.8, 4) is 0 Å². The van der Waals surface area contributed by atoms with Crippen LogP contribution in [0.2, 0.25) is 0 Å². The Labute approximate surface area is 222 Å². The second-order valence-corrected chi connectivity index (χ2v) is 9.47. The van der Waals surface area contributed by atoms with Crippen molar-refractivity contribution in [3.05, 3.63) is 102 Å². The van der Waals surface area contributed by atoms with Gasteiger partial charge in [0.05, 0.1) is 20.1 Å². The molecule has 0 aliphatic heterocycles. The predicted molar refractivity (Wildman–Crippen MR) is 142 cm³/mol. The number of para-hydroxylation sites is 2. The number of unbranched alkanes of at least 4 members (excludes halogenated alkanes) is 5. The molecular weight excluding hydrogens is 468 g/mol. The molecule has 1 heterocycles. The quantitative estimate of drug-likeness (QED) is 0.223. The molecule has 5 heteroatoms. The van der Waals surface area contributed by atoms with Crippen molar-refractivity contribution in [2.75, 3.05) is 6.61 Å². The lowest BCUT2D eigenvalue weighted by molar-refractivity contribution is -0.655. The Balaban J connectivity index is 0.00000361. The number of hydrogen-bond donors (Lipinski definition) is 1. The van der Waals surface area contributed by atoms with Crippen molar-refractivity contribution in [2.45, 2.75) is 64.2 Å². The number of aliphatic hydroxyl groups is 1. The Hall–Kier alpha value is -2.66. The molecule has 4 rings (SSSR count). The molecule has 0 aliphatic carbocycles. The first kappa shape index (κ1) is 27.9. The van der Waals surface area contributed by atoms with E-state index >= 15 is 0 Å². The van der Waals surface area contributed by atoms with Crippen molar-refractivity contribution >= 4 is 11.0 Å². The summed E-state index contributed by atoms with van der Waals surface area (Å²) in [6, 6.07) is 28.4. The molecule has 0 bridgehead atoms. The summed E-state index contributed by atoms with van der Waals surface area (Å²) in [6.07, 6.45) is 7.93. The van der Waals surface area contributed by atoms with Crippen molar-refractivity contribution in [3.63, 3.8) is 0 Å². The summed E-state index contributed by atoms with van der Waals surface area (Å²) in [6.45, 7) is 3.48. The van der Waals surface area contributed by atoms with Crippen LogP contribution in [0.15, 0.2) is 84.9 Å². The largest absolute Gasteiger partial charge is 1.00 e. The number of aromatic nitrogens is 2. The lowest BCUT2D eigenvalue weighted by Crippen LogP contribution is -3.00. The Kier molecular flexibility index (Phi) is 10.5. The third-order valence-electron chi connectivity index (χ3n) is 7.01. The molecule has 1 aromatic heterocycles. The predicted octanol–water partition coefficient (Wildman–Crippen LogP) is 3.28. The van der Waals surface area contributed by atoms with E-state index in [0.29, 0.717) is 13.2 Å². The first-order valence-electron chi connectivity index (χ1n) is 13.0. The van der Waals surface area contributed by atoms with Gasteiger partial charge >= 0.3 is 0 Å². The molecule has 0 saturated carbocycles. The highest BCUT2D eigenvalue weighted by atomic mass is 35.5. The van der Waals surface area contributed by atoms with Crippen molar-refractivity contribution in [1.29, 1.82) is 0 Å². The summed E-state index contributed by atoms with van der Waals surface area (Å²) >= 11 is 0. The van der Waals surface area contributed by atoms with E-state index in [1.165, 1.54) is 32.1 Å². The number of halogens is 1. The van der Waals surface area contributed by atoms with Crippen LogP contribution < -0.4 is 17.0 Å². The van der Waals surface area contributed by atoms with Crippen LogP contribution in [-0.2, 0) is 30.5 Å². The molecule has 0 atom stereocenters. The highest BCUT2D eigenvalue weighted by Crippen LogP contribution is 2.33. The molecule has 36 heavy (non-hydrogen) atoms. The third-order valence-corrected chi connectivity index (χ3v) is 7.01. The number of nitrogens with zero attached hydrogens (tertiary/aromatic N) is 2. The van der Waals surface area contributed by atoms with Gasteiger partial charge in [-0.2, -0.15) is 0 Å². The zero-order valence-corrected chi connectivity index (χ0v) is 22.3. The molecule has 0 radical (unpaired) electrons. The SMILES string of the molecule is CCCCCCCCOCn1c(CC(O)(c2ccccc2)c2ccccc2)[n+](C)c2ccccc21.[Cl-]. The zero-order chi connectivity index (χ0) is 24.5. The highest BCUT2D eigenvalue weighted by molar-refractivity contribution is 5.72. The van der Waals surface area contributed by atoms with Gasteiger partial charge < -0.3 is 22.3 Å². The minimum atomic E-state index is -1.16. The number of fused-ring (bicyclic) bond motifs is 1. The summed E-state index contributed by atoms with van der Waals surface area (Å²) < 4.78 is 10.6. The maximum Gasteiger partial charge on any atom is 0.262 e. The lowest BCUT2D eigenvalue weighted by Gasteiger charge is -2.28. The second-order valence-electron chi connectivity index (χ2n) is 9.47. The smallest absolute Gasteiger partial charge is 0.262 e. The van der Waals surface area contributed by atoms with Gasteiger partial charge in [0.15, 0.2) is 17.8 Å². The third kappa shape index (κ3) is 6.36. The van der Waals surface area contributed by atoms with Gasteiger partial charge in [-0.25, -0.2) is 9.13 Å². The molecule has 0 saturated heterocycles. The van der Waals surface area contributed by atoms with Gasteiger partial charge in [0.1, 0.15) is 5.60 Å². The van der Waals surface area contributed by atoms with Crippen LogP contribution in [0.25, 0.3) is 11.0 Å². The van der Waals surface area contributed by atoms with Gasteiger partial charge in [0.2, 0.25) is 0 Å². The average Bonchev–Trinajstić information content (AvgIpc) is 3.17. The normalized spacial score (nSPS) is 11.5. The lowest BCUT2D eigenvalue weighted by atomic mass is 9.83. The highest BCUT2D eigenvalue weighted by Gasteiger charge is 2.37. The molecule has 0 spiro atoms. The van der Waals surface area contributed by atoms with Crippen molar-refractivity contribution in [1.82, 2.24) is 4.57 Å². The fourth-order valence-electron chi connectivity index (χ4n) is 4.96. The van der Waals surface area contributed by atoms with Crippen molar-refractivity contribution < 1.29 is 26.8 Å². The van der Waals surface area contributed by atoms with E-state index < -0.39 is 5.60 Å². The summed E-state index contributed by atoms with van der Waals surface area (Å²) in [5.41, 5.74) is 2.86. The topological polar surface area (TPSA) is 38.3 Å². The minimum Gasteiger partial charge on any atom is -1.00 e. The maximum atomic E-state index is 12.2. The van der Waals surface area contributed by atoms with Crippen LogP contribution in [0.1, 0.15) is 62.4 Å². The molecule has 0 unspecified atom stereocenters. The van der Waals surface area contributed by atoms with E-state index in [1.54, 1.807) is 0 Å². The number of aryl methyl sites for hydroxylation is 1. The van der Waals surface area contributed by atoms with Gasteiger partial charge in [-0.1, -0.05) is 112 Å². The van der Waals surface area contributed by atoms with Gasteiger partial charge in [0, 0.05) is 0 Å². The standard InChI is InChI=1S/C31H39N2O2.ClH/c1-3-4-5-6-7-16-23-35-25-33-29-22-15-14-21-28(29)32(2)30(33)24-31(34,26-17-10-8-11-18-26)27-19-12-9-13-20-27;/h8-15,17-22,34H,3-7,16,23-25H2,1-2H3;1H/q+1;/p-1. The maximum absolute atomic E-state index is 12.2. The summed E-state index contributed by atoms with van der Waals surface area (Å²) in [5, 5.41) is 12.2. The minimum absolute atomic E-state index is 0. The number of imidazole rings is 1. The Bertz CT molecular complexity index is 1150. The van der Waals surface area contributed by atoms with E-state index in [-0.39, 0.29) is 12.4 Å². The number of rotatable bonds is 13. The molecule has 3 aromatic carbocycles. The first-order valence-corrected chi connectivity index (χ1v) is 13.0. The van der Waals surface area contributed by atoms with Crippen LogP contribution in [-0.4, -0.2) is 16.3 Å². The number of hydrogen-bond acceptors (Lipinski definition) is 2. The Morgan fingerprint density at radius 3 is 1.97 bits per heavy atom.